The Bertz CT molecular complexity index is 233. The Balaban J connectivity index is 1.94. The molecule has 0 aromatic heterocycles. The van der Waals surface area contributed by atoms with Crippen LogP contribution in [0.2, 0.25) is 0 Å². The van der Waals surface area contributed by atoms with Crippen molar-refractivity contribution < 1.29 is 0 Å². The van der Waals surface area contributed by atoms with Crippen LogP contribution in [-0.4, -0.2) is 37.1 Å². The molecular formula is C16H32N2. The molecule has 2 fully saturated rings. The van der Waals surface area contributed by atoms with E-state index in [0.717, 1.165) is 12.6 Å². The van der Waals surface area contributed by atoms with E-state index in [-0.39, 0.29) is 0 Å². The van der Waals surface area contributed by atoms with Gasteiger partial charge in [0.15, 0.2) is 0 Å². The Hall–Kier alpha value is -0.0800. The van der Waals surface area contributed by atoms with Gasteiger partial charge in [-0.3, -0.25) is 0 Å². The second-order valence-corrected chi connectivity index (χ2v) is 6.66. The van der Waals surface area contributed by atoms with Crippen LogP contribution in [-0.2, 0) is 0 Å². The second kappa shape index (κ2) is 6.91. The van der Waals surface area contributed by atoms with Gasteiger partial charge in [0.2, 0.25) is 0 Å². The van der Waals surface area contributed by atoms with Gasteiger partial charge in [-0.1, -0.05) is 32.6 Å². The first-order valence-electron chi connectivity index (χ1n) is 8.20. The van der Waals surface area contributed by atoms with E-state index < -0.39 is 0 Å². The zero-order chi connectivity index (χ0) is 12.8. The van der Waals surface area contributed by atoms with Crippen molar-refractivity contribution in [2.75, 3.05) is 26.2 Å². The lowest BCUT2D eigenvalue weighted by Gasteiger charge is -2.44. The molecule has 1 aliphatic heterocycles. The number of likely N-dealkylation sites (tertiary alicyclic amines) is 1. The minimum atomic E-state index is 0.583. The van der Waals surface area contributed by atoms with Crippen LogP contribution < -0.4 is 5.32 Å². The molecule has 0 spiro atoms. The standard InChI is InChI=1S/C16H32N2/c1-3-17-13-16(10-6-4-7-11-16)14-18-12-8-5-9-15(18)2/h15,17H,3-14H2,1-2H3. The molecule has 2 nitrogen and oxygen atoms in total. The Morgan fingerprint density at radius 3 is 2.56 bits per heavy atom. The molecule has 106 valence electrons. The fourth-order valence-corrected chi connectivity index (χ4v) is 3.91. The summed E-state index contributed by atoms with van der Waals surface area (Å²) < 4.78 is 0. The summed E-state index contributed by atoms with van der Waals surface area (Å²) in [7, 11) is 0. The van der Waals surface area contributed by atoms with Gasteiger partial charge in [0.1, 0.15) is 0 Å². The molecule has 1 saturated carbocycles. The summed E-state index contributed by atoms with van der Waals surface area (Å²) in [6.45, 7) is 9.73. The van der Waals surface area contributed by atoms with Crippen LogP contribution in [0.25, 0.3) is 0 Å². The Morgan fingerprint density at radius 2 is 1.89 bits per heavy atom. The molecule has 0 radical (unpaired) electrons. The molecule has 1 heterocycles. The fourth-order valence-electron chi connectivity index (χ4n) is 3.91. The minimum absolute atomic E-state index is 0.583. The quantitative estimate of drug-likeness (QED) is 0.806. The van der Waals surface area contributed by atoms with Crippen molar-refractivity contribution in [2.45, 2.75) is 71.3 Å². The van der Waals surface area contributed by atoms with Gasteiger partial charge < -0.3 is 10.2 Å². The molecule has 1 aliphatic carbocycles. The van der Waals surface area contributed by atoms with Gasteiger partial charge >= 0.3 is 0 Å². The van der Waals surface area contributed by atoms with Crippen LogP contribution in [0.4, 0.5) is 0 Å². The number of hydrogen-bond acceptors (Lipinski definition) is 2. The van der Waals surface area contributed by atoms with Crippen molar-refractivity contribution in [2.24, 2.45) is 5.41 Å². The first-order valence-corrected chi connectivity index (χ1v) is 8.20. The van der Waals surface area contributed by atoms with E-state index in [9.17, 15) is 0 Å². The molecule has 0 amide bonds. The molecule has 2 rings (SSSR count). The number of nitrogens with zero attached hydrogens (tertiary/aromatic N) is 1. The van der Waals surface area contributed by atoms with Gasteiger partial charge in [-0.2, -0.15) is 0 Å². The van der Waals surface area contributed by atoms with E-state index in [2.05, 4.69) is 24.1 Å². The summed E-state index contributed by atoms with van der Waals surface area (Å²) in [6, 6.07) is 0.819. The maximum Gasteiger partial charge on any atom is 0.00671 e. The average Bonchev–Trinajstić information content (AvgIpc) is 2.40. The topological polar surface area (TPSA) is 15.3 Å². The van der Waals surface area contributed by atoms with E-state index in [0.29, 0.717) is 5.41 Å². The molecule has 2 aliphatic rings. The van der Waals surface area contributed by atoms with Crippen LogP contribution in [0.5, 0.6) is 0 Å². The predicted octanol–water partition coefficient (Wildman–Crippen LogP) is 3.42. The highest BCUT2D eigenvalue weighted by Gasteiger charge is 2.35. The molecule has 1 atom stereocenters. The van der Waals surface area contributed by atoms with Crippen LogP contribution >= 0.6 is 0 Å². The molecule has 0 aromatic rings. The van der Waals surface area contributed by atoms with Crippen LogP contribution in [0, 0.1) is 5.41 Å². The summed E-state index contributed by atoms with van der Waals surface area (Å²) in [6.07, 6.45) is 11.5. The van der Waals surface area contributed by atoms with Crippen LogP contribution in [0.3, 0.4) is 0 Å². The van der Waals surface area contributed by atoms with E-state index in [1.807, 2.05) is 0 Å². The van der Waals surface area contributed by atoms with Crippen molar-refractivity contribution in [1.29, 1.82) is 0 Å². The van der Waals surface area contributed by atoms with Crippen molar-refractivity contribution >= 4 is 0 Å². The predicted molar refractivity (Wildman–Crippen MR) is 78.9 cm³/mol. The fraction of sp³-hybridized carbons (Fsp3) is 1.00. The third kappa shape index (κ3) is 3.71. The van der Waals surface area contributed by atoms with Crippen molar-refractivity contribution in [3.63, 3.8) is 0 Å². The summed E-state index contributed by atoms with van der Waals surface area (Å²) >= 11 is 0. The first-order chi connectivity index (χ1) is 8.76. The molecule has 0 aromatic carbocycles. The van der Waals surface area contributed by atoms with Gasteiger partial charge in [-0.15, -0.1) is 0 Å². The van der Waals surface area contributed by atoms with Crippen LogP contribution in [0.1, 0.15) is 65.2 Å². The SMILES string of the molecule is CCNCC1(CN2CCCCC2C)CCCCC1. The maximum atomic E-state index is 3.64. The normalized spacial score (nSPS) is 29.3. The summed E-state index contributed by atoms with van der Waals surface area (Å²) in [4.78, 5) is 2.78. The van der Waals surface area contributed by atoms with Gasteiger partial charge in [0.05, 0.1) is 0 Å². The van der Waals surface area contributed by atoms with Crippen molar-refractivity contribution in [1.82, 2.24) is 10.2 Å². The monoisotopic (exact) mass is 252 g/mol. The summed E-state index contributed by atoms with van der Waals surface area (Å²) in [5.41, 5.74) is 0.583. The number of nitrogens with one attached hydrogen (secondary N) is 1. The molecule has 0 bridgehead atoms. The van der Waals surface area contributed by atoms with Crippen molar-refractivity contribution in [3.05, 3.63) is 0 Å². The highest BCUT2D eigenvalue weighted by Crippen LogP contribution is 2.37. The Labute approximate surface area is 114 Å². The zero-order valence-corrected chi connectivity index (χ0v) is 12.5. The lowest BCUT2D eigenvalue weighted by atomic mass is 9.73. The second-order valence-electron chi connectivity index (χ2n) is 6.66. The molecule has 18 heavy (non-hydrogen) atoms. The van der Waals surface area contributed by atoms with Gasteiger partial charge in [-0.25, -0.2) is 0 Å². The van der Waals surface area contributed by atoms with E-state index in [1.165, 1.54) is 71.0 Å². The third-order valence-electron chi connectivity index (χ3n) is 5.14. The van der Waals surface area contributed by atoms with Crippen molar-refractivity contribution in [3.8, 4) is 0 Å². The maximum absolute atomic E-state index is 3.64. The van der Waals surface area contributed by atoms with Gasteiger partial charge in [0, 0.05) is 19.1 Å². The summed E-state index contributed by atoms with van der Waals surface area (Å²) in [5.74, 6) is 0. The molecule has 2 heteroatoms. The molecule has 1 unspecified atom stereocenters. The van der Waals surface area contributed by atoms with E-state index in [4.69, 9.17) is 0 Å². The highest BCUT2D eigenvalue weighted by molar-refractivity contribution is 4.89. The highest BCUT2D eigenvalue weighted by atomic mass is 15.2. The van der Waals surface area contributed by atoms with Gasteiger partial charge in [-0.05, 0) is 51.1 Å². The Morgan fingerprint density at radius 1 is 1.11 bits per heavy atom. The molecule has 1 saturated heterocycles. The van der Waals surface area contributed by atoms with Gasteiger partial charge in [0.25, 0.3) is 0 Å². The first kappa shape index (κ1) is 14.3. The summed E-state index contributed by atoms with van der Waals surface area (Å²) in [5, 5.41) is 3.64. The van der Waals surface area contributed by atoms with E-state index in [1.54, 1.807) is 0 Å². The number of rotatable bonds is 5. The van der Waals surface area contributed by atoms with E-state index >= 15 is 0 Å². The third-order valence-corrected chi connectivity index (χ3v) is 5.14. The average molecular weight is 252 g/mol. The lowest BCUT2D eigenvalue weighted by molar-refractivity contribution is 0.0613. The zero-order valence-electron chi connectivity index (χ0n) is 12.5. The van der Waals surface area contributed by atoms with Crippen LogP contribution in [0.15, 0.2) is 0 Å². The molecule has 1 N–H and O–H groups in total. The lowest BCUT2D eigenvalue weighted by Crippen LogP contribution is -2.49. The minimum Gasteiger partial charge on any atom is -0.316 e. The largest absolute Gasteiger partial charge is 0.316 e. The number of hydrogen-bond donors (Lipinski definition) is 1. The smallest absolute Gasteiger partial charge is 0.00671 e. The molecular weight excluding hydrogens is 220 g/mol. The Kier molecular flexibility index (Phi) is 5.50. The number of piperidine rings is 1.